The van der Waals surface area contributed by atoms with E-state index < -0.39 is 0 Å². The molecule has 6 heteroatoms. The number of benzene rings is 2. The summed E-state index contributed by atoms with van der Waals surface area (Å²) in [6.07, 6.45) is 0.101. The van der Waals surface area contributed by atoms with Crippen LogP contribution in [0.25, 0.3) is 0 Å². The minimum absolute atomic E-state index is 0.101. The molecule has 2 aromatic carbocycles. The molecule has 0 aromatic heterocycles. The number of hydrogen-bond donors (Lipinski definition) is 1. The highest BCUT2D eigenvalue weighted by Gasteiger charge is 2.16. The van der Waals surface area contributed by atoms with E-state index in [1.807, 2.05) is 63.2 Å². The quantitative estimate of drug-likeness (QED) is 0.731. The normalized spacial score (nSPS) is 11.7. The SMILES string of the molecule is COc1ccc(OC)c(CN(C)C(=O)NC(C)c2cccc(OC(C)C)c2)c1. The second kappa shape index (κ2) is 9.88. The monoisotopic (exact) mass is 386 g/mol. The van der Waals surface area contributed by atoms with Crippen LogP contribution in [0.2, 0.25) is 0 Å². The van der Waals surface area contributed by atoms with Gasteiger partial charge in [-0.3, -0.25) is 0 Å². The Morgan fingerprint density at radius 2 is 1.79 bits per heavy atom. The molecule has 0 spiro atoms. The van der Waals surface area contributed by atoms with Gasteiger partial charge < -0.3 is 24.4 Å². The molecule has 0 aliphatic heterocycles. The van der Waals surface area contributed by atoms with Gasteiger partial charge in [-0.2, -0.15) is 0 Å². The molecule has 2 rings (SSSR count). The minimum Gasteiger partial charge on any atom is -0.497 e. The van der Waals surface area contributed by atoms with E-state index >= 15 is 0 Å². The first-order chi connectivity index (χ1) is 13.3. The molecule has 152 valence electrons. The molecule has 0 aliphatic carbocycles. The molecule has 2 amide bonds. The Balaban J connectivity index is 2.04. The average Bonchev–Trinajstić information content (AvgIpc) is 2.67. The van der Waals surface area contributed by atoms with Gasteiger partial charge in [0.25, 0.3) is 0 Å². The van der Waals surface area contributed by atoms with Crippen molar-refractivity contribution >= 4 is 6.03 Å². The molecule has 1 unspecified atom stereocenters. The lowest BCUT2D eigenvalue weighted by Gasteiger charge is -2.23. The number of nitrogens with zero attached hydrogens (tertiary/aromatic N) is 1. The van der Waals surface area contributed by atoms with Gasteiger partial charge in [-0.15, -0.1) is 0 Å². The van der Waals surface area contributed by atoms with Crippen molar-refractivity contribution in [1.82, 2.24) is 10.2 Å². The van der Waals surface area contributed by atoms with Gasteiger partial charge in [0.05, 0.1) is 32.9 Å². The topological polar surface area (TPSA) is 60.0 Å². The molecular formula is C22H30N2O4. The number of carbonyl (C=O) groups is 1. The van der Waals surface area contributed by atoms with E-state index in [2.05, 4.69) is 5.32 Å². The number of hydrogen-bond acceptors (Lipinski definition) is 4. The number of ether oxygens (including phenoxy) is 3. The van der Waals surface area contributed by atoms with Crippen molar-refractivity contribution in [3.63, 3.8) is 0 Å². The number of nitrogens with one attached hydrogen (secondary N) is 1. The van der Waals surface area contributed by atoms with Gasteiger partial charge in [-0.25, -0.2) is 4.79 Å². The summed E-state index contributed by atoms with van der Waals surface area (Å²) in [4.78, 5) is 14.3. The van der Waals surface area contributed by atoms with Crippen molar-refractivity contribution in [1.29, 1.82) is 0 Å². The maximum absolute atomic E-state index is 12.7. The highest BCUT2D eigenvalue weighted by atomic mass is 16.5. The lowest BCUT2D eigenvalue weighted by molar-refractivity contribution is 0.203. The largest absolute Gasteiger partial charge is 0.497 e. The Morgan fingerprint density at radius 1 is 1.04 bits per heavy atom. The van der Waals surface area contributed by atoms with Crippen LogP contribution in [-0.4, -0.2) is 38.3 Å². The predicted molar refractivity (Wildman–Crippen MR) is 110 cm³/mol. The fourth-order valence-electron chi connectivity index (χ4n) is 2.84. The molecule has 0 bridgehead atoms. The van der Waals surface area contributed by atoms with Crippen molar-refractivity contribution in [3.05, 3.63) is 53.6 Å². The van der Waals surface area contributed by atoms with Crippen molar-refractivity contribution < 1.29 is 19.0 Å². The Kier molecular flexibility index (Phi) is 7.55. The second-order valence-electron chi connectivity index (χ2n) is 6.94. The summed E-state index contributed by atoms with van der Waals surface area (Å²) in [5, 5.41) is 3.02. The van der Waals surface area contributed by atoms with Gasteiger partial charge in [0, 0.05) is 12.6 Å². The van der Waals surface area contributed by atoms with Gasteiger partial charge in [0.1, 0.15) is 17.2 Å². The van der Waals surface area contributed by atoms with Gasteiger partial charge in [-0.1, -0.05) is 12.1 Å². The Labute approximate surface area is 167 Å². The fraction of sp³-hybridized carbons (Fsp3) is 0.409. The van der Waals surface area contributed by atoms with E-state index in [9.17, 15) is 4.79 Å². The Bertz CT molecular complexity index is 792. The van der Waals surface area contributed by atoms with Gasteiger partial charge in [0.2, 0.25) is 0 Å². The van der Waals surface area contributed by atoms with E-state index in [-0.39, 0.29) is 18.2 Å². The Hall–Kier alpha value is -2.89. The van der Waals surface area contributed by atoms with Gasteiger partial charge >= 0.3 is 6.03 Å². The smallest absolute Gasteiger partial charge is 0.317 e. The van der Waals surface area contributed by atoms with Crippen molar-refractivity contribution in [2.75, 3.05) is 21.3 Å². The van der Waals surface area contributed by atoms with Crippen LogP contribution in [0.4, 0.5) is 4.79 Å². The number of methoxy groups -OCH3 is 2. The summed E-state index contributed by atoms with van der Waals surface area (Å²) < 4.78 is 16.4. The summed E-state index contributed by atoms with van der Waals surface area (Å²) in [6.45, 7) is 6.32. The Morgan fingerprint density at radius 3 is 2.43 bits per heavy atom. The van der Waals surface area contributed by atoms with E-state index in [1.165, 1.54) is 0 Å². The van der Waals surface area contributed by atoms with Crippen LogP contribution in [0.3, 0.4) is 0 Å². The van der Waals surface area contributed by atoms with E-state index in [4.69, 9.17) is 14.2 Å². The molecule has 1 atom stereocenters. The maximum Gasteiger partial charge on any atom is 0.317 e. The molecule has 0 radical (unpaired) electrons. The third-order valence-electron chi connectivity index (χ3n) is 4.31. The van der Waals surface area contributed by atoms with E-state index in [1.54, 1.807) is 26.2 Å². The third-order valence-corrected chi connectivity index (χ3v) is 4.31. The van der Waals surface area contributed by atoms with Gasteiger partial charge in [0.15, 0.2) is 0 Å². The van der Waals surface area contributed by atoms with Gasteiger partial charge in [-0.05, 0) is 56.7 Å². The first-order valence-corrected chi connectivity index (χ1v) is 9.33. The lowest BCUT2D eigenvalue weighted by Crippen LogP contribution is -2.38. The number of amides is 2. The molecule has 0 heterocycles. The van der Waals surface area contributed by atoms with Crippen molar-refractivity contribution in [3.8, 4) is 17.2 Å². The number of rotatable bonds is 8. The van der Waals surface area contributed by atoms with Crippen LogP contribution in [0, 0.1) is 0 Å². The van der Waals surface area contributed by atoms with Crippen LogP contribution >= 0.6 is 0 Å². The van der Waals surface area contributed by atoms with Crippen LogP contribution in [0.5, 0.6) is 17.2 Å². The van der Waals surface area contributed by atoms with Crippen molar-refractivity contribution in [2.45, 2.75) is 39.5 Å². The highest BCUT2D eigenvalue weighted by Crippen LogP contribution is 2.25. The van der Waals surface area contributed by atoms with E-state index in [0.29, 0.717) is 12.3 Å². The lowest BCUT2D eigenvalue weighted by atomic mass is 10.1. The standard InChI is InChI=1S/C22H30N2O4/c1-15(2)28-20-9-7-8-17(12-20)16(3)23-22(25)24(4)14-18-13-19(26-5)10-11-21(18)27-6/h7-13,15-16H,14H2,1-6H3,(H,23,25). The van der Waals surface area contributed by atoms with Crippen LogP contribution in [0.15, 0.2) is 42.5 Å². The first kappa shape index (κ1) is 21.4. The molecule has 0 aliphatic rings. The van der Waals surface area contributed by atoms with Crippen LogP contribution in [-0.2, 0) is 6.54 Å². The summed E-state index contributed by atoms with van der Waals surface area (Å²) >= 11 is 0. The number of urea groups is 1. The minimum atomic E-state index is -0.174. The summed E-state index contributed by atoms with van der Waals surface area (Å²) in [5.74, 6) is 2.23. The molecule has 0 saturated carbocycles. The molecule has 28 heavy (non-hydrogen) atoms. The molecule has 6 nitrogen and oxygen atoms in total. The predicted octanol–water partition coefficient (Wildman–Crippen LogP) is 4.39. The second-order valence-corrected chi connectivity index (χ2v) is 6.94. The highest BCUT2D eigenvalue weighted by molar-refractivity contribution is 5.74. The molecule has 2 aromatic rings. The third kappa shape index (κ3) is 5.81. The van der Waals surface area contributed by atoms with E-state index in [0.717, 1.165) is 22.6 Å². The summed E-state index contributed by atoms with van der Waals surface area (Å²) in [7, 11) is 4.97. The zero-order valence-electron chi connectivity index (χ0n) is 17.5. The van der Waals surface area contributed by atoms with Crippen LogP contribution in [0.1, 0.15) is 37.9 Å². The molecular weight excluding hydrogens is 356 g/mol. The summed E-state index contributed by atoms with van der Waals surface area (Å²) in [6, 6.07) is 13.0. The average molecular weight is 386 g/mol. The first-order valence-electron chi connectivity index (χ1n) is 9.33. The fourth-order valence-corrected chi connectivity index (χ4v) is 2.84. The molecule has 0 fully saturated rings. The van der Waals surface area contributed by atoms with Crippen molar-refractivity contribution in [2.24, 2.45) is 0 Å². The summed E-state index contributed by atoms with van der Waals surface area (Å²) in [5.41, 5.74) is 1.86. The zero-order valence-corrected chi connectivity index (χ0v) is 17.5. The van der Waals surface area contributed by atoms with Crippen LogP contribution < -0.4 is 19.5 Å². The maximum atomic E-state index is 12.7. The molecule has 0 saturated heterocycles. The zero-order chi connectivity index (χ0) is 20.7. The molecule has 1 N–H and O–H groups in total. The number of carbonyl (C=O) groups excluding carboxylic acids is 1.